The summed E-state index contributed by atoms with van der Waals surface area (Å²) in [5.74, 6) is 2.42. The van der Waals surface area contributed by atoms with Crippen molar-refractivity contribution >= 4 is 11.5 Å². The first-order chi connectivity index (χ1) is 12.2. The van der Waals surface area contributed by atoms with E-state index in [2.05, 4.69) is 15.1 Å². The highest BCUT2D eigenvalue weighted by Crippen LogP contribution is 2.40. The van der Waals surface area contributed by atoms with E-state index in [-0.39, 0.29) is 17.2 Å². The van der Waals surface area contributed by atoms with E-state index in [0.717, 1.165) is 38.1 Å². The van der Waals surface area contributed by atoms with Crippen LogP contribution in [-0.2, 0) is 0 Å². The SMILES string of the molecule is N#Cc1cc([N+](=O)[O-])cnc1N1CCC[C@@H](c2noc(C3CC3)n2)C1. The van der Waals surface area contributed by atoms with E-state index >= 15 is 0 Å². The molecule has 0 unspecified atom stereocenters. The maximum atomic E-state index is 10.9. The van der Waals surface area contributed by atoms with Gasteiger partial charge in [-0.15, -0.1) is 0 Å². The molecule has 2 fully saturated rings. The monoisotopic (exact) mass is 340 g/mol. The van der Waals surface area contributed by atoms with Crippen LogP contribution in [0, 0.1) is 21.4 Å². The minimum absolute atomic E-state index is 0.105. The van der Waals surface area contributed by atoms with Crippen LogP contribution in [0.3, 0.4) is 0 Å². The fourth-order valence-corrected chi connectivity index (χ4v) is 3.17. The second kappa shape index (κ2) is 6.12. The first kappa shape index (κ1) is 15.5. The zero-order chi connectivity index (χ0) is 17.4. The van der Waals surface area contributed by atoms with E-state index < -0.39 is 4.92 Å². The van der Waals surface area contributed by atoms with Crippen LogP contribution < -0.4 is 4.90 Å². The molecule has 9 nitrogen and oxygen atoms in total. The van der Waals surface area contributed by atoms with Gasteiger partial charge in [0.2, 0.25) is 5.89 Å². The van der Waals surface area contributed by atoms with Crippen molar-refractivity contribution in [2.24, 2.45) is 0 Å². The number of anilines is 1. The van der Waals surface area contributed by atoms with Crippen LogP contribution >= 0.6 is 0 Å². The third-order valence-electron chi connectivity index (χ3n) is 4.65. The average molecular weight is 340 g/mol. The maximum absolute atomic E-state index is 10.9. The number of rotatable bonds is 4. The molecule has 1 atom stereocenters. The Kier molecular flexibility index (Phi) is 3.80. The van der Waals surface area contributed by atoms with Crippen molar-refractivity contribution in [1.82, 2.24) is 15.1 Å². The molecule has 0 spiro atoms. The van der Waals surface area contributed by atoms with Crippen LogP contribution in [0.25, 0.3) is 0 Å². The topological polar surface area (TPSA) is 122 Å². The molecule has 1 aliphatic carbocycles. The summed E-state index contributed by atoms with van der Waals surface area (Å²) in [6.07, 6.45) is 5.25. The molecule has 0 bridgehead atoms. The molecular weight excluding hydrogens is 324 g/mol. The molecule has 1 saturated carbocycles. The third kappa shape index (κ3) is 3.03. The number of pyridine rings is 1. The fourth-order valence-electron chi connectivity index (χ4n) is 3.17. The third-order valence-corrected chi connectivity index (χ3v) is 4.65. The van der Waals surface area contributed by atoms with Crippen LogP contribution in [-0.4, -0.2) is 33.1 Å². The number of aromatic nitrogens is 3. The van der Waals surface area contributed by atoms with E-state index in [9.17, 15) is 15.4 Å². The van der Waals surface area contributed by atoms with E-state index in [1.807, 2.05) is 11.0 Å². The molecule has 0 N–H and O–H groups in total. The summed E-state index contributed by atoms with van der Waals surface area (Å²) in [6, 6.07) is 3.28. The van der Waals surface area contributed by atoms with Gasteiger partial charge in [0.25, 0.3) is 5.69 Å². The van der Waals surface area contributed by atoms with Crippen molar-refractivity contribution in [2.75, 3.05) is 18.0 Å². The highest BCUT2D eigenvalue weighted by atomic mass is 16.6. The van der Waals surface area contributed by atoms with Gasteiger partial charge in [-0.1, -0.05) is 5.16 Å². The summed E-state index contributed by atoms with van der Waals surface area (Å²) in [7, 11) is 0. The second-order valence-corrected chi connectivity index (χ2v) is 6.48. The van der Waals surface area contributed by atoms with E-state index in [0.29, 0.717) is 24.1 Å². The molecule has 9 heteroatoms. The first-order valence-corrected chi connectivity index (χ1v) is 8.28. The molecule has 2 aromatic heterocycles. The van der Waals surface area contributed by atoms with Crippen LogP contribution in [0.4, 0.5) is 11.5 Å². The summed E-state index contributed by atoms with van der Waals surface area (Å²) < 4.78 is 5.35. The largest absolute Gasteiger partial charge is 0.355 e. The predicted molar refractivity (Wildman–Crippen MR) is 86.1 cm³/mol. The highest BCUT2D eigenvalue weighted by Gasteiger charge is 2.32. The van der Waals surface area contributed by atoms with E-state index in [4.69, 9.17) is 4.52 Å². The van der Waals surface area contributed by atoms with E-state index in [1.54, 1.807) is 0 Å². The molecule has 3 heterocycles. The Morgan fingerprint density at radius 1 is 1.36 bits per heavy atom. The van der Waals surface area contributed by atoms with Gasteiger partial charge in [-0.25, -0.2) is 4.98 Å². The van der Waals surface area contributed by atoms with Crippen molar-refractivity contribution in [2.45, 2.75) is 37.5 Å². The number of piperidine rings is 1. The van der Waals surface area contributed by atoms with Gasteiger partial charge in [-0.2, -0.15) is 10.2 Å². The van der Waals surface area contributed by atoms with Crippen molar-refractivity contribution in [3.05, 3.63) is 39.7 Å². The van der Waals surface area contributed by atoms with Crippen LogP contribution in [0.2, 0.25) is 0 Å². The van der Waals surface area contributed by atoms with Crippen molar-refractivity contribution in [3.8, 4) is 6.07 Å². The quantitative estimate of drug-likeness (QED) is 0.614. The molecule has 2 aromatic rings. The van der Waals surface area contributed by atoms with Gasteiger partial charge in [0.1, 0.15) is 23.6 Å². The van der Waals surface area contributed by atoms with Gasteiger partial charge in [0.05, 0.1) is 4.92 Å². The Labute approximate surface area is 143 Å². The van der Waals surface area contributed by atoms with Gasteiger partial charge in [0, 0.05) is 31.0 Å². The van der Waals surface area contributed by atoms with Gasteiger partial charge >= 0.3 is 0 Å². The van der Waals surface area contributed by atoms with E-state index in [1.165, 1.54) is 12.3 Å². The molecule has 25 heavy (non-hydrogen) atoms. The summed E-state index contributed by atoms with van der Waals surface area (Å²) in [5.41, 5.74) is 0.0303. The van der Waals surface area contributed by atoms with Gasteiger partial charge < -0.3 is 9.42 Å². The van der Waals surface area contributed by atoms with Crippen molar-refractivity contribution < 1.29 is 9.45 Å². The molecule has 4 rings (SSSR count). The zero-order valence-electron chi connectivity index (χ0n) is 13.5. The smallest absolute Gasteiger partial charge is 0.289 e. The lowest BCUT2D eigenvalue weighted by molar-refractivity contribution is -0.385. The Balaban J connectivity index is 1.56. The first-order valence-electron chi connectivity index (χ1n) is 8.28. The predicted octanol–water partition coefficient (Wildman–Crippen LogP) is 2.51. The van der Waals surface area contributed by atoms with Crippen molar-refractivity contribution in [3.63, 3.8) is 0 Å². The van der Waals surface area contributed by atoms with Crippen LogP contribution in [0.1, 0.15) is 54.8 Å². The van der Waals surface area contributed by atoms with Crippen LogP contribution in [0.15, 0.2) is 16.8 Å². The Morgan fingerprint density at radius 2 is 2.20 bits per heavy atom. The summed E-state index contributed by atoms with van der Waals surface area (Å²) in [4.78, 5) is 21.0. The lowest BCUT2D eigenvalue weighted by Gasteiger charge is -2.32. The lowest BCUT2D eigenvalue weighted by atomic mass is 9.97. The summed E-state index contributed by atoms with van der Waals surface area (Å²) in [6.45, 7) is 1.35. The minimum atomic E-state index is -0.546. The van der Waals surface area contributed by atoms with Crippen molar-refractivity contribution in [1.29, 1.82) is 5.26 Å². The molecule has 0 amide bonds. The normalized spacial score (nSPS) is 20.3. The van der Waals surface area contributed by atoms with Crippen LogP contribution in [0.5, 0.6) is 0 Å². The fraction of sp³-hybridized carbons (Fsp3) is 0.500. The standard InChI is InChI=1S/C16H16N6O3/c17-7-12-6-13(22(23)24)8-18-15(12)21-5-1-2-11(9-21)14-19-16(25-20-14)10-3-4-10/h6,8,10-11H,1-5,9H2/t11-/m1/s1. The number of hydrogen-bond acceptors (Lipinski definition) is 8. The Hall–Kier alpha value is -3.02. The van der Waals surface area contributed by atoms with Gasteiger partial charge in [-0.3, -0.25) is 10.1 Å². The number of nitro groups is 1. The Bertz CT molecular complexity index is 854. The van der Waals surface area contributed by atoms with Gasteiger partial charge in [0.15, 0.2) is 5.82 Å². The number of hydrogen-bond donors (Lipinski definition) is 0. The molecule has 2 aliphatic rings. The van der Waals surface area contributed by atoms with Gasteiger partial charge in [-0.05, 0) is 25.7 Å². The summed E-state index contributed by atoms with van der Waals surface area (Å²) in [5, 5.41) is 24.3. The second-order valence-electron chi connectivity index (χ2n) is 6.48. The molecular formula is C16H16N6O3. The maximum Gasteiger partial charge on any atom is 0.289 e. The molecule has 0 aromatic carbocycles. The highest BCUT2D eigenvalue weighted by molar-refractivity contribution is 5.57. The number of nitriles is 1. The zero-order valence-corrected chi connectivity index (χ0v) is 13.5. The molecule has 1 saturated heterocycles. The lowest BCUT2D eigenvalue weighted by Crippen LogP contribution is -2.35. The molecule has 1 aliphatic heterocycles. The Morgan fingerprint density at radius 3 is 2.92 bits per heavy atom. The molecule has 128 valence electrons. The number of nitrogens with zero attached hydrogens (tertiary/aromatic N) is 6. The summed E-state index contributed by atoms with van der Waals surface area (Å²) >= 11 is 0. The minimum Gasteiger partial charge on any atom is -0.355 e. The molecule has 0 radical (unpaired) electrons. The average Bonchev–Trinajstić information content (AvgIpc) is 3.38.